The van der Waals surface area contributed by atoms with Crippen LogP contribution in [-0.4, -0.2) is 5.78 Å². The first-order valence-corrected chi connectivity index (χ1v) is 5.78. The molecule has 88 valence electrons. The highest BCUT2D eigenvalue weighted by Crippen LogP contribution is 2.12. The minimum absolute atomic E-state index is 0.0395. The molecule has 0 radical (unpaired) electrons. The normalized spacial score (nSPS) is 9.78. The summed E-state index contributed by atoms with van der Waals surface area (Å²) < 4.78 is 0. The quantitative estimate of drug-likeness (QED) is 0.766. The Labute approximate surface area is 107 Å². The second-order valence-corrected chi connectivity index (χ2v) is 4.23. The molecule has 0 bridgehead atoms. The molecule has 0 saturated heterocycles. The molecule has 0 spiro atoms. The minimum Gasteiger partial charge on any atom is -0.294 e. The molecule has 0 aromatic heterocycles. The lowest BCUT2D eigenvalue weighted by Crippen LogP contribution is -2.04. The van der Waals surface area contributed by atoms with E-state index in [1.807, 2.05) is 43.3 Å². The number of carbonyl (C=O) groups excluding carboxylic acids is 1. The van der Waals surface area contributed by atoms with E-state index in [2.05, 4.69) is 6.07 Å². The van der Waals surface area contributed by atoms with Gasteiger partial charge in [-0.15, -0.1) is 0 Å². The second kappa shape index (κ2) is 5.29. The van der Waals surface area contributed by atoms with Gasteiger partial charge in [0, 0.05) is 12.0 Å². The molecule has 2 heteroatoms. The van der Waals surface area contributed by atoms with Crippen molar-refractivity contribution in [1.82, 2.24) is 0 Å². The third-order valence-electron chi connectivity index (χ3n) is 2.86. The standard InChI is InChI=1S/C16H13NO/c1-12-6-8-13(9-7-12)16(18)10-14-4-2-3-5-15(14)11-17/h2-9H,10H2,1H3. The number of hydrogen-bond acceptors (Lipinski definition) is 2. The van der Waals surface area contributed by atoms with Gasteiger partial charge in [-0.1, -0.05) is 48.0 Å². The van der Waals surface area contributed by atoms with Crippen molar-refractivity contribution in [3.63, 3.8) is 0 Å². The Balaban J connectivity index is 2.22. The number of benzene rings is 2. The van der Waals surface area contributed by atoms with Crippen molar-refractivity contribution in [3.8, 4) is 6.07 Å². The fourth-order valence-electron chi connectivity index (χ4n) is 1.80. The van der Waals surface area contributed by atoms with Crippen LogP contribution < -0.4 is 0 Å². The smallest absolute Gasteiger partial charge is 0.167 e. The predicted molar refractivity (Wildman–Crippen MR) is 70.4 cm³/mol. The average Bonchev–Trinajstić information content (AvgIpc) is 2.40. The molecule has 0 unspecified atom stereocenters. The topological polar surface area (TPSA) is 40.9 Å². The van der Waals surface area contributed by atoms with E-state index in [0.29, 0.717) is 11.1 Å². The summed E-state index contributed by atoms with van der Waals surface area (Å²) in [5, 5.41) is 8.98. The fourth-order valence-corrected chi connectivity index (χ4v) is 1.80. The van der Waals surface area contributed by atoms with E-state index in [9.17, 15) is 4.79 Å². The summed E-state index contributed by atoms with van der Waals surface area (Å²) in [5.41, 5.74) is 3.17. The molecule has 0 atom stereocenters. The van der Waals surface area contributed by atoms with Crippen molar-refractivity contribution in [2.75, 3.05) is 0 Å². The largest absolute Gasteiger partial charge is 0.294 e. The summed E-state index contributed by atoms with van der Waals surface area (Å²) in [7, 11) is 0. The molecule has 0 aliphatic carbocycles. The molecular weight excluding hydrogens is 222 g/mol. The van der Waals surface area contributed by atoms with Crippen LogP contribution in [-0.2, 0) is 6.42 Å². The lowest BCUT2D eigenvalue weighted by molar-refractivity contribution is 0.0993. The van der Waals surface area contributed by atoms with Gasteiger partial charge in [0.25, 0.3) is 0 Å². The van der Waals surface area contributed by atoms with Crippen molar-refractivity contribution in [2.45, 2.75) is 13.3 Å². The summed E-state index contributed by atoms with van der Waals surface area (Å²) in [6, 6.07) is 16.8. The van der Waals surface area contributed by atoms with Crippen molar-refractivity contribution in [1.29, 1.82) is 5.26 Å². The zero-order chi connectivity index (χ0) is 13.0. The molecule has 0 aliphatic heterocycles. The van der Waals surface area contributed by atoms with Crippen molar-refractivity contribution >= 4 is 5.78 Å². The number of rotatable bonds is 3. The van der Waals surface area contributed by atoms with Gasteiger partial charge in [-0.2, -0.15) is 5.26 Å². The van der Waals surface area contributed by atoms with Crippen LogP contribution >= 0.6 is 0 Å². The third-order valence-corrected chi connectivity index (χ3v) is 2.86. The summed E-state index contributed by atoms with van der Waals surface area (Å²) in [6.07, 6.45) is 0.271. The van der Waals surface area contributed by atoms with Crippen LogP contribution in [0.2, 0.25) is 0 Å². The van der Waals surface area contributed by atoms with E-state index >= 15 is 0 Å². The Morgan fingerprint density at radius 3 is 2.44 bits per heavy atom. The molecule has 2 aromatic carbocycles. The van der Waals surface area contributed by atoms with Gasteiger partial charge in [0.1, 0.15) is 0 Å². The maximum Gasteiger partial charge on any atom is 0.167 e. The van der Waals surface area contributed by atoms with Gasteiger partial charge >= 0.3 is 0 Å². The fraction of sp³-hybridized carbons (Fsp3) is 0.125. The number of ketones is 1. The van der Waals surface area contributed by atoms with E-state index in [-0.39, 0.29) is 12.2 Å². The van der Waals surface area contributed by atoms with Gasteiger partial charge in [-0.05, 0) is 18.6 Å². The van der Waals surface area contributed by atoms with Gasteiger partial charge in [-0.25, -0.2) is 0 Å². The number of hydrogen-bond donors (Lipinski definition) is 0. The molecule has 0 aliphatic rings. The van der Waals surface area contributed by atoms with Crippen LogP contribution in [0.5, 0.6) is 0 Å². The van der Waals surface area contributed by atoms with E-state index in [1.165, 1.54) is 0 Å². The second-order valence-electron chi connectivity index (χ2n) is 4.23. The van der Waals surface area contributed by atoms with Gasteiger partial charge in [-0.3, -0.25) is 4.79 Å². The molecule has 0 heterocycles. The van der Waals surface area contributed by atoms with Crippen LogP contribution in [0.1, 0.15) is 27.0 Å². The summed E-state index contributed by atoms with van der Waals surface area (Å²) in [6.45, 7) is 1.99. The van der Waals surface area contributed by atoms with E-state index in [1.54, 1.807) is 12.1 Å². The lowest BCUT2D eigenvalue weighted by atomic mass is 9.99. The summed E-state index contributed by atoms with van der Waals surface area (Å²) >= 11 is 0. The zero-order valence-electron chi connectivity index (χ0n) is 10.2. The first kappa shape index (κ1) is 12.1. The van der Waals surface area contributed by atoms with Crippen LogP contribution in [0.25, 0.3) is 0 Å². The van der Waals surface area contributed by atoms with Crippen molar-refractivity contribution in [2.24, 2.45) is 0 Å². The number of nitriles is 1. The number of aryl methyl sites for hydroxylation is 1. The summed E-state index contributed by atoms with van der Waals surface area (Å²) in [5.74, 6) is 0.0395. The van der Waals surface area contributed by atoms with E-state index < -0.39 is 0 Å². The number of nitrogens with zero attached hydrogens (tertiary/aromatic N) is 1. The highest BCUT2D eigenvalue weighted by atomic mass is 16.1. The van der Waals surface area contributed by atoms with Gasteiger partial charge in [0.05, 0.1) is 11.6 Å². The molecule has 2 aromatic rings. The Kier molecular flexibility index (Phi) is 3.54. The molecular formula is C16H13NO. The van der Waals surface area contributed by atoms with Crippen molar-refractivity contribution < 1.29 is 4.79 Å². The van der Waals surface area contributed by atoms with E-state index in [0.717, 1.165) is 11.1 Å². The molecule has 0 fully saturated rings. The predicted octanol–water partition coefficient (Wildman–Crippen LogP) is 3.29. The Bertz CT molecular complexity index is 606. The van der Waals surface area contributed by atoms with Crippen LogP contribution in [0.15, 0.2) is 48.5 Å². The minimum atomic E-state index is 0.0395. The Hall–Kier alpha value is -2.40. The highest BCUT2D eigenvalue weighted by molar-refractivity contribution is 5.97. The average molecular weight is 235 g/mol. The van der Waals surface area contributed by atoms with Crippen LogP contribution in [0, 0.1) is 18.3 Å². The first-order valence-electron chi connectivity index (χ1n) is 5.78. The Morgan fingerprint density at radius 1 is 1.11 bits per heavy atom. The highest BCUT2D eigenvalue weighted by Gasteiger charge is 2.09. The lowest BCUT2D eigenvalue weighted by Gasteiger charge is -2.03. The zero-order valence-corrected chi connectivity index (χ0v) is 10.2. The molecule has 0 N–H and O–H groups in total. The maximum atomic E-state index is 12.1. The summed E-state index contributed by atoms with van der Waals surface area (Å²) in [4.78, 5) is 12.1. The van der Waals surface area contributed by atoms with Crippen LogP contribution in [0.4, 0.5) is 0 Å². The number of Topliss-reactive ketones (excluding diaryl/α,β-unsaturated/α-hetero) is 1. The first-order chi connectivity index (χ1) is 8.70. The molecule has 0 saturated carbocycles. The van der Waals surface area contributed by atoms with Crippen molar-refractivity contribution in [3.05, 3.63) is 70.8 Å². The van der Waals surface area contributed by atoms with Gasteiger partial charge in [0.15, 0.2) is 5.78 Å². The van der Waals surface area contributed by atoms with Gasteiger partial charge < -0.3 is 0 Å². The van der Waals surface area contributed by atoms with Gasteiger partial charge in [0.2, 0.25) is 0 Å². The Morgan fingerprint density at radius 2 is 1.78 bits per heavy atom. The maximum absolute atomic E-state index is 12.1. The number of carbonyl (C=O) groups is 1. The monoisotopic (exact) mass is 235 g/mol. The van der Waals surface area contributed by atoms with E-state index in [4.69, 9.17) is 5.26 Å². The molecule has 18 heavy (non-hydrogen) atoms. The SMILES string of the molecule is Cc1ccc(C(=O)Cc2ccccc2C#N)cc1. The molecule has 0 amide bonds. The van der Waals surface area contributed by atoms with Crippen LogP contribution in [0.3, 0.4) is 0 Å². The molecule has 2 rings (SSSR count). The third kappa shape index (κ3) is 2.64. The molecule has 2 nitrogen and oxygen atoms in total.